The first-order valence-electron chi connectivity index (χ1n) is 11.2. The number of hydrogen-bond donors (Lipinski definition) is 4. The van der Waals surface area contributed by atoms with Crippen LogP contribution in [0.4, 0.5) is 27.4 Å². The number of carbonyl (C=O) groups is 1. The van der Waals surface area contributed by atoms with Crippen molar-refractivity contribution in [3.63, 3.8) is 0 Å². The number of fused-ring (bicyclic) bond motifs is 1. The molecular weight excluding hydrogens is 447 g/mol. The number of primary amides is 1. The molecule has 1 saturated heterocycles. The summed E-state index contributed by atoms with van der Waals surface area (Å²) in [5.74, 6) is 0.476. The quantitative estimate of drug-likeness (QED) is 0.337. The molecule has 0 saturated carbocycles. The zero-order valence-corrected chi connectivity index (χ0v) is 18.7. The Labute approximate surface area is 200 Å². The molecule has 1 aliphatic heterocycles. The van der Waals surface area contributed by atoms with Crippen molar-refractivity contribution in [1.29, 1.82) is 5.26 Å². The minimum atomic E-state index is -1.22. The monoisotopic (exact) mass is 470 g/mol. The molecule has 176 valence electrons. The van der Waals surface area contributed by atoms with Gasteiger partial charge in [-0.25, -0.2) is 14.4 Å². The summed E-state index contributed by atoms with van der Waals surface area (Å²) in [6.07, 6.45) is 4.00. The van der Waals surface area contributed by atoms with Crippen LogP contribution in [0.25, 0.3) is 10.9 Å². The highest BCUT2D eigenvalue weighted by atomic mass is 19.1. The summed E-state index contributed by atoms with van der Waals surface area (Å²) in [5, 5.41) is 16.4. The molecular formula is C25H23FN8O. The van der Waals surface area contributed by atoms with Crippen LogP contribution in [0.1, 0.15) is 22.3 Å². The number of carbonyl (C=O) groups excluding carboxylic acids is 1. The van der Waals surface area contributed by atoms with E-state index in [-0.39, 0.29) is 12.1 Å². The largest absolute Gasteiger partial charge is 0.378 e. The van der Waals surface area contributed by atoms with Crippen LogP contribution in [0.2, 0.25) is 0 Å². The number of anilines is 4. The Morgan fingerprint density at radius 3 is 2.83 bits per heavy atom. The summed E-state index contributed by atoms with van der Waals surface area (Å²) in [5.41, 5.74) is 8.42. The molecule has 1 aliphatic rings. The molecule has 1 amide bonds. The predicted molar refractivity (Wildman–Crippen MR) is 132 cm³/mol. The fourth-order valence-corrected chi connectivity index (χ4v) is 4.23. The van der Waals surface area contributed by atoms with Gasteiger partial charge in [-0.3, -0.25) is 4.79 Å². The van der Waals surface area contributed by atoms with E-state index in [2.05, 4.69) is 25.6 Å². The van der Waals surface area contributed by atoms with Crippen molar-refractivity contribution >= 4 is 39.8 Å². The zero-order valence-electron chi connectivity index (χ0n) is 18.7. The highest BCUT2D eigenvalue weighted by Gasteiger charge is 2.30. The van der Waals surface area contributed by atoms with E-state index >= 15 is 4.39 Å². The van der Waals surface area contributed by atoms with Crippen LogP contribution in [0.5, 0.6) is 0 Å². The third-order valence-electron chi connectivity index (χ3n) is 6.08. The molecule has 0 unspecified atom stereocenters. The molecule has 5 N–H and O–H groups in total. The Morgan fingerprint density at radius 2 is 2.09 bits per heavy atom. The molecule has 1 fully saturated rings. The highest BCUT2D eigenvalue weighted by molar-refractivity contribution is 5.98. The van der Waals surface area contributed by atoms with E-state index in [1.54, 1.807) is 18.2 Å². The Kier molecular flexibility index (Phi) is 5.89. The third kappa shape index (κ3) is 4.70. The van der Waals surface area contributed by atoms with Gasteiger partial charge >= 0.3 is 0 Å². The number of halogens is 1. The van der Waals surface area contributed by atoms with Gasteiger partial charge in [-0.1, -0.05) is 6.07 Å². The van der Waals surface area contributed by atoms with Crippen molar-refractivity contribution < 1.29 is 9.18 Å². The predicted octanol–water partition coefficient (Wildman–Crippen LogP) is 3.70. The minimum Gasteiger partial charge on any atom is -0.378 e. The molecule has 0 bridgehead atoms. The van der Waals surface area contributed by atoms with Gasteiger partial charge in [0.1, 0.15) is 23.9 Å². The average Bonchev–Trinajstić information content (AvgIpc) is 3.33. The molecule has 0 radical (unpaired) electrons. The van der Waals surface area contributed by atoms with Crippen LogP contribution in [-0.2, 0) is 0 Å². The van der Waals surface area contributed by atoms with Crippen molar-refractivity contribution in [3.8, 4) is 6.07 Å². The number of aromatic amines is 1. The lowest BCUT2D eigenvalue weighted by Gasteiger charge is -2.36. The molecule has 35 heavy (non-hydrogen) atoms. The summed E-state index contributed by atoms with van der Waals surface area (Å²) >= 11 is 0. The maximum Gasteiger partial charge on any atom is 0.252 e. The van der Waals surface area contributed by atoms with E-state index in [1.807, 2.05) is 41.4 Å². The molecule has 2 atom stereocenters. The molecule has 5 rings (SSSR count). The smallest absolute Gasteiger partial charge is 0.252 e. The molecule has 4 heterocycles. The Morgan fingerprint density at radius 1 is 1.20 bits per heavy atom. The number of nitrogens with zero attached hydrogens (tertiary/aromatic N) is 4. The standard InChI is InChI=1S/C25H23FN8O/c26-19-14-34(24-4-1-15(11-27)12-31-24)8-6-20(19)33-22-10-23(30-13-18(22)25(28)35)32-17-3-2-16-5-7-29-21(16)9-17/h1-5,7,9-10,12-13,19-20,29H,6,8,14H2,(H2,28,35)(H2,30,32,33)/t19-,20+/m0/s1. The SMILES string of the molecule is N#Cc1ccc(N2CC[C@@H](Nc3cc(Nc4ccc5cc[nH]c5c4)ncc3C(N)=O)[C@@H](F)C2)nc1. The molecule has 9 nitrogen and oxygen atoms in total. The summed E-state index contributed by atoms with van der Waals surface area (Å²) < 4.78 is 15.2. The van der Waals surface area contributed by atoms with Gasteiger partial charge in [0.25, 0.3) is 5.91 Å². The minimum absolute atomic E-state index is 0.134. The van der Waals surface area contributed by atoms with E-state index in [9.17, 15) is 4.79 Å². The number of aromatic nitrogens is 3. The van der Waals surface area contributed by atoms with Crippen LogP contribution in [-0.4, -0.2) is 46.2 Å². The van der Waals surface area contributed by atoms with Crippen LogP contribution >= 0.6 is 0 Å². The molecule has 0 aliphatic carbocycles. The van der Waals surface area contributed by atoms with Gasteiger partial charge in [-0.05, 0) is 42.1 Å². The lowest BCUT2D eigenvalue weighted by molar-refractivity contribution is 0.100. The number of H-pyrrole nitrogens is 1. The third-order valence-corrected chi connectivity index (χ3v) is 6.08. The first kappa shape index (κ1) is 22.2. The molecule has 4 aromatic rings. The van der Waals surface area contributed by atoms with Crippen molar-refractivity contribution in [2.24, 2.45) is 5.73 Å². The van der Waals surface area contributed by atoms with E-state index < -0.39 is 18.1 Å². The maximum atomic E-state index is 15.2. The first-order valence-corrected chi connectivity index (χ1v) is 11.2. The lowest BCUT2D eigenvalue weighted by Crippen LogP contribution is -2.48. The molecule has 1 aromatic carbocycles. The topological polar surface area (TPSA) is 136 Å². The number of hydrogen-bond acceptors (Lipinski definition) is 7. The van der Waals surface area contributed by atoms with E-state index in [4.69, 9.17) is 11.0 Å². The Hall–Kier alpha value is -4.65. The van der Waals surface area contributed by atoms with Gasteiger partial charge in [-0.15, -0.1) is 0 Å². The van der Waals surface area contributed by atoms with Gasteiger partial charge in [0.05, 0.1) is 29.4 Å². The Balaban J connectivity index is 1.32. The van der Waals surface area contributed by atoms with E-state index in [0.717, 1.165) is 16.6 Å². The number of amides is 1. The summed E-state index contributed by atoms with van der Waals surface area (Å²) in [4.78, 5) is 25.6. The second kappa shape index (κ2) is 9.30. The van der Waals surface area contributed by atoms with E-state index in [1.165, 1.54) is 12.4 Å². The summed E-state index contributed by atoms with van der Waals surface area (Å²) in [6.45, 7) is 0.698. The second-order valence-corrected chi connectivity index (χ2v) is 8.40. The van der Waals surface area contributed by atoms with E-state index in [0.29, 0.717) is 35.9 Å². The number of nitrogens with one attached hydrogen (secondary N) is 3. The molecule has 10 heteroatoms. The lowest BCUT2D eigenvalue weighted by atomic mass is 10.0. The number of piperidine rings is 1. The van der Waals surface area contributed by atoms with Crippen LogP contribution in [0.3, 0.4) is 0 Å². The number of nitriles is 1. The number of nitrogens with two attached hydrogens (primary N) is 1. The number of rotatable bonds is 6. The number of pyridine rings is 2. The van der Waals surface area contributed by atoms with Crippen molar-refractivity contribution in [2.75, 3.05) is 28.6 Å². The van der Waals surface area contributed by atoms with Crippen molar-refractivity contribution in [1.82, 2.24) is 15.0 Å². The number of benzene rings is 1. The van der Waals surface area contributed by atoms with Gasteiger partial charge in [-0.2, -0.15) is 5.26 Å². The summed E-state index contributed by atoms with van der Waals surface area (Å²) in [7, 11) is 0. The van der Waals surface area contributed by atoms with Crippen molar-refractivity contribution in [2.45, 2.75) is 18.6 Å². The zero-order chi connectivity index (χ0) is 24.4. The summed E-state index contributed by atoms with van der Waals surface area (Å²) in [6, 6.07) is 14.4. The van der Waals surface area contributed by atoms with Gasteiger partial charge in [0.15, 0.2) is 0 Å². The highest BCUT2D eigenvalue weighted by Crippen LogP contribution is 2.27. The van der Waals surface area contributed by atoms with Crippen LogP contribution < -0.4 is 21.3 Å². The normalized spacial score (nSPS) is 17.7. The molecule has 3 aromatic heterocycles. The average molecular weight is 471 g/mol. The molecule has 0 spiro atoms. The van der Waals surface area contributed by atoms with Crippen molar-refractivity contribution in [3.05, 3.63) is 72.2 Å². The fourth-order valence-electron chi connectivity index (χ4n) is 4.23. The van der Waals surface area contributed by atoms with Crippen LogP contribution in [0.15, 0.2) is 61.1 Å². The van der Waals surface area contributed by atoms with Crippen LogP contribution in [0, 0.1) is 11.3 Å². The Bertz CT molecular complexity index is 1410. The van der Waals surface area contributed by atoms with Gasteiger partial charge in [0.2, 0.25) is 0 Å². The fraction of sp³-hybridized carbons (Fsp3) is 0.200. The van der Waals surface area contributed by atoms with Gasteiger partial charge < -0.3 is 26.3 Å². The number of alkyl halides is 1. The maximum absolute atomic E-state index is 15.2. The van der Waals surface area contributed by atoms with Gasteiger partial charge in [0, 0.05) is 42.4 Å². The second-order valence-electron chi connectivity index (χ2n) is 8.40. The first-order chi connectivity index (χ1) is 17.0.